The van der Waals surface area contributed by atoms with Gasteiger partial charge in [-0.1, -0.05) is 11.6 Å². The quantitative estimate of drug-likeness (QED) is 0.810. The van der Waals surface area contributed by atoms with E-state index >= 15 is 0 Å². The predicted molar refractivity (Wildman–Crippen MR) is 76.6 cm³/mol. The first-order valence-corrected chi connectivity index (χ1v) is 7.11. The Hall–Kier alpha value is -0.910. The molecule has 0 bridgehead atoms. The van der Waals surface area contributed by atoms with Crippen LogP contribution in [0.15, 0.2) is 12.4 Å². The molecule has 1 saturated heterocycles. The standard InChI is InChI=1S/C13H21ClN4O/c1-19-8-2-5-18-6-3-12(4-7-18)17-13-15-9-11(14)10-16-13/h9-10,12H,2-8H2,1H3,(H,15,16,17). The van der Waals surface area contributed by atoms with E-state index < -0.39 is 0 Å². The van der Waals surface area contributed by atoms with Gasteiger partial charge in [-0.2, -0.15) is 0 Å². The molecule has 1 fully saturated rings. The van der Waals surface area contributed by atoms with Crippen molar-refractivity contribution in [2.45, 2.75) is 25.3 Å². The Morgan fingerprint density at radius 3 is 2.68 bits per heavy atom. The topological polar surface area (TPSA) is 50.3 Å². The number of nitrogens with one attached hydrogen (secondary N) is 1. The minimum atomic E-state index is 0.458. The molecule has 0 aromatic carbocycles. The van der Waals surface area contributed by atoms with E-state index in [1.807, 2.05) is 0 Å². The highest BCUT2D eigenvalue weighted by molar-refractivity contribution is 6.30. The van der Waals surface area contributed by atoms with Crippen molar-refractivity contribution in [1.82, 2.24) is 14.9 Å². The Balaban J connectivity index is 1.69. The molecule has 1 aliphatic rings. The van der Waals surface area contributed by atoms with Gasteiger partial charge in [0.2, 0.25) is 5.95 Å². The van der Waals surface area contributed by atoms with E-state index in [1.54, 1.807) is 19.5 Å². The number of anilines is 1. The zero-order valence-corrected chi connectivity index (χ0v) is 12.1. The van der Waals surface area contributed by atoms with Gasteiger partial charge in [0.25, 0.3) is 0 Å². The monoisotopic (exact) mass is 284 g/mol. The van der Waals surface area contributed by atoms with Gasteiger partial charge in [-0.25, -0.2) is 9.97 Å². The summed E-state index contributed by atoms with van der Waals surface area (Å²) in [4.78, 5) is 10.8. The van der Waals surface area contributed by atoms with Gasteiger partial charge in [0, 0.05) is 39.4 Å². The maximum absolute atomic E-state index is 5.76. The van der Waals surface area contributed by atoms with Crippen molar-refractivity contribution in [3.05, 3.63) is 17.4 Å². The van der Waals surface area contributed by atoms with Crippen LogP contribution in [0.1, 0.15) is 19.3 Å². The van der Waals surface area contributed by atoms with Crippen LogP contribution in [0.4, 0.5) is 5.95 Å². The summed E-state index contributed by atoms with van der Waals surface area (Å²) >= 11 is 5.76. The number of hydrogen-bond donors (Lipinski definition) is 1. The molecule has 0 saturated carbocycles. The van der Waals surface area contributed by atoms with Crippen molar-refractivity contribution in [3.63, 3.8) is 0 Å². The van der Waals surface area contributed by atoms with Crippen LogP contribution in [0, 0.1) is 0 Å². The summed E-state index contributed by atoms with van der Waals surface area (Å²) in [5.41, 5.74) is 0. The Labute approximate surface area is 119 Å². The molecule has 6 heteroatoms. The van der Waals surface area contributed by atoms with E-state index in [-0.39, 0.29) is 0 Å². The lowest BCUT2D eigenvalue weighted by Crippen LogP contribution is -2.40. The number of ether oxygens (including phenoxy) is 1. The Morgan fingerprint density at radius 1 is 1.37 bits per heavy atom. The first-order chi connectivity index (χ1) is 9.28. The Morgan fingerprint density at radius 2 is 2.05 bits per heavy atom. The first-order valence-electron chi connectivity index (χ1n) is 6.73. The molecule has 0 amide bonds. The molecule has 0 atom stereocenters. The van der Waals surface area contributed by atoms with E-state index in [2.05, 4.69) is 20.2 Å². The fourth-order valence-corrected chi connectivity index (χ4v) is 2.40. The molecule has 0 spiro atoms. The number of likely N-dealkylation sites (tertiary alicyclic amines) is 1. The van der Waals surface area contributed by atoms with Crippen molar-refractivity contribution in [2.24, 2.45) is 0 Å². The number of rotatable bonds is 6. The average molecular weight is 285 g/mol. The predicted octanol–water partition coefficient (Wildman–Crippen LogP) is 2.04. The van der Waals surface area contributed by atoms with Crippen LogP contribution < -0.4 is 5.32 Å². The number of hydrogen-bond acceptors (Lipinski definition) is 5. The van der Waals surface area contributed by atoms with E-state index in [1.165, 1.54) is 0 Å². The fraction of sp³-hybridized carbons (Fsp3) is 0.692. The molecule has 0 unspecified atom stereocenters. The lowest BCUT2D eigenvalue weighted by atomic mass is 10.1. The number of methoxy groups -OCH3 is 1. The van der Waals surface area contributed by atoms with Gasteiger partial charge in [0.1, 0.15) is 0 Å². The van der Waals surface area contributed by atoms with Gasteiger partial charge in [0.15, 0.2) is 0 Å². The van der Waals surface area contributed by atoms with Crippen LogP contribution in [0.5, 0.6) is 0 Å². The van der Waals surface area contributed by atoms with Gasteiger partial charge >= 0.3 is 0 Å². The molecule has 1 aromatic rings. The second-order valence-corrected chi connectivity index (χ2v) is 5.27. The van der Waals surface area contributed by atoms with Crippen molar-refractivity contribution >= 4 is 17.5 Å². The summed E-state index contributed by atoms with van der Waals surface area (Å²) in [6.45, 7) is 4.21. The molecule has 5 nitrogen and oxygen atoms in total. The van der Waals surface area contributed by atoms with Gasteiger partial charge in [-0.3, -0.25) is 0 Å². The van der Waals surface area contributed by atoms with Crippen LogP contribution in [0.2, 0.25) is 5.02 Å². The summed E-state index contributed by atoms with van der Waals surface area (Å²) in [5.74, 6) is 0.669. The number of nitrogens with zero attached hydrogens (tertiary/aromatic N) is 3. The average Bonchev–Trinajstić information content (AvgIpc) is 2.44. The van der Waals surface area contributed by atoms with Gasteiger partial charge in [0.05, 0.1) is 17.4 Å². The maximum Gasteiger partial charge on any atom is 0.222 e. The lowest BCUT2D eigenvalue weighted by molar-refractivity contribution is 0.159. The van der Waals surface area contributed by atoms with Crippen molar-refractivity contribution < 1.29 is 4.74 Å². The molecule has 2 rings (SSSR count). The van der Waals surface area contributed by atoms with E-state index in [0.717, 1.165) is 45.5 Å². The molecule has 1 N–H and O–H groups in total. The minimum absolute atomic E-state index is 0.458. The van der Waals surface area contributed by atoms with E-state index in [9.17, 15) is 0 Å². The molecule has 1 aromatic heterocycles. The molecule has 2 heterocycles. The summed E-state index contributed by atoms with van der Waals surface area (Å²) in [6, 6.07) is 0.458. The van der Waals surface area contributed by atoms with Crippen molar-refractivity contribution in [2.75, 3.05) is 38.7 Å². The summed E-state index contributed by atoms with van der Waals surface area (Å²) < 4.78 is 5.08. The normalized spacial score (nSPS) is 17.6. The maximum atomic E-state index is 5.76. The molecule has 0 radical (unpaired) electrons. The van der Waals surface area contributed by atoms with Gasteiger partial charge in [-0.05, 0) is 19.3 Å². The molecular weight excluding hydrogens is 264 g/mol. The zero-order chi connectivity index (χ0) is 13.5. The molecule has 106 valence electrons. The van der Waals surface area contributed by atoms with Crippen LogP contribution in [0.25, 0.3) is 0 Å². The Kier molecular flexibility index (Phi) is 5.82. The molecule has 0 aliphatic carbocycles. The number of halogens is 1. The van der Waals surface area contributed by atoms with Crippen molar-refractivity contribution in [3.8, 4) is 0 Å². The van der Waals surface area contributed by atoms with Gasteiger partial charge in [-0.15, -0.1) is 0 Å². The third-order valence-corrected chi connectivity index (χ3v) is 3.56. The number of aromatic nitrogens is 2. The Bertz CT molecular complexity index is 365. The highest BCUT2D eigenvalue weighted by atomic mass is 35.5. The van der Waals surface area contributed by atoms with Crippen LogP contribution in [-0.4, -0.2) is 54.3 Å². The van der Waals surface area contributed by atoms with Crippen LogP contribution >= 0.6 is 11.6 Å². The zero-order valence-electron chi connectivity index (χ0n) is 11.3. The summed E-state index contributed by atoms with van der Waals surface area (Å²) in [5, 5.41) is 3.93. The minimum Gasteiger partial charge on any atom is -0.385 e. The SMILES string of the molecule is COCCCN1CCC(Nc2ncc(Cl)cn2)CC1. The third kappa shape index (κ3) is 4.93. The fourth-order valence-electron chi connectivity index (χ4n) is 2.30. The third-order valence-electron chi connectivity index (χ3n) is 3.36. The lowest BCUT2D eigenvalue weighted by Gasteiger charge is -2.32. The van der Waals surface area contributed by atoms with Crippen LogP contribution in [0.3, 0.4) is 0 Å². The second-order valence-electron chi connectivity index (χ2n) is 4.83. The van der Waals surface area contributed by atoms with E-state index in [0.29, 0.717) is 17.0 Å². The van der Waals surface area contributed by atoms with Crippen LogP contribution in [-0.2, 0) is 4.74 Å². The summed E-state index contributed by atoms with van der Waals surface area (Å²) in [7, 11) is 1.75. The highest BCUT2D eigenvalue weighted by Gasteiger charge is 2.19. The molecular formula is C13H21ClN4O. The largest absolute Gasteiger partial charge is 0.385 e. The van der Waals surface area contributed by atoms with Gasteiger partial charge < -0.3 is 15.0 Å². The molecule has 1 aliphatic heterocycles. The molecule has 19 heavy (non-hydrogen) atoms. The smallest absolute Gasteiger partial charge is 0.222 e. The van der Waals surface area contributed by atoms with Crippen molar-refractivity contribution in [1.29, 1.82) is 0 Å². The highest BCUT2D eigenvalue weighted by Crippen LogP contribution is 2.15. The van der Waals surface area contributed by atoms with E-state index in [4.69, 9.17) is 16.3 Å². The first kappa shape index (κ1) is 14.5. The number of piperidine rings is 1. The summed E-state index contributed by atoms with van der Waals surface area (Å²) in [6.07, 6.45) is 6.60. The second kappa shape index (κ2) is 7.62.